The second-order valence-corrected chi connectivity index (χ2v) is 6.90. The number of benzene rings is 2. The molecule has 0 bridgehead atoms. The van der Waals surface area contributed by atoms with E-state index in [1.807, 2.05) is 4.57 Å². The van der Waals surface area contributed by atoms with Crippen LogP contribution in [0.3, 0.4) is 0 Å². The van der Waals surface area contributed by atoms with Gasteiger partial charge in [0, 0.05) is 39.8 Å². The number of urea groups is 1. The van der Waals surface area contributed by atoms with Crippen molar-refractivity contribution in [1.29, 1.82) is 0 Å². The Kier molecular flexibility index (Phi) is 5.49. The average molecular weight is 401 g/mol. The highest BCUT2D eigenvalue weighted by atomic mass is 19.1. The van der Waals surface area contributed by atoms with Crippen LogP contribution in [0.25, 0.3) is 11.0 Å². The highest BCUT2D eigenvalue weighted by molar-refractivity contribution is 5.97. The van der Waals surface area contributed by atoms with Crippen molar-refractivity contribution < 1.29 is 18.4 Å². The second kappa shape index (κ2) is 7.86. The number of imidazole rings is 1. The molecule has 3 aromatic rings. The van der Waals surface area contributed by atoms with E-state index in [1.54, 1.807) is 39.3 Å². The number of aryl methyl sites for hydroxylation is 1. The predicted molar refractivity (Wildman–Crippen MR) is 106 cm³/mol. The maximum atomic E-state index is 13.7. The molecule has 0 fully saturated rings. The summed E-state index contributed by atoms with van der Waals surface area (Å²) in [6.07, 6.45) is 0. The molecule has 0 saturated heterocycles. The Morgan fingerprint density at radius 1 is 1.10 bits per heavy atom. The molecule has 29 heavy (non-hydrogen) atoms. The van der Waals surface area contributed by atoms with Crippen LogP contribution in [0, 0.1) is 11.6 Å². The van der Waals surface area contributed by atoms with Gasteiger partial charge >= 0.3 is 6.03 Å². The first kappa shape index (κ1) is 20.2. The summed E-state index contributed by atoms with van der Waals surface area (Å²) in [6, 6.07) is 7.45. The van der Waals surface area contributed by atoms with Crippen molar-refractivity contribution in [2.45, 2.75) is 6.54 Å². The Bertz CT molecular complexity index is 1090. The summed E-state index contributed by atoms with van der Waals surface area (Å²) in [5, 5.41) is 2.35. The van der Waals surface area contributed by atoms with Crippen molar-refractivity contribution in [3.63, 3.8) is 0 Å². The van der Waals surface area contributed by atoms with E-state index >= 15 is 0 Å². The molecule has 1 N–H and O–H groups in total. The first-order valence-corrected chi connectivity index (χ1v) is 8.81. The fraction of sp³-hybridized carbons (Fsp3) is 0.250. The summed E-state index contributed by atoms with van der Waals surface area (Å²) in [4.78, 5) is 31.8. The number of halogens is 2. The average Bonchev–Trinajstić information content (AvgIpc) is 2.98. The second-order valence-electron chi connectivity index (χ2n) is 6.90. The zero-order valence-electron chi connectivity index (χ0n) is 16.5. The minimum atomic E-state index is -0.728. The van der Waals surface area contributed by atoms with Gasteiger partial charge in [-0.25, -0.2) is 18.6 Å². The first-order valence-electron chi connectivity index (χ1n) is 8.81. The van der Waals surface area contributed by atoms with E-state index in [9.17, 15) is 18.4 Å². The molecule has 0 saturated carbocycles. The summed E-state index contributed by atoms with van der Waals surface area (Å²) in [5.41, 5.74) is 1.71. The van der Waals surface area contributed by atoms with Gasteiger partial charge in [0.15, 0.2) is 0 Å². The number of aromatic nitrogens is 2. The quantitative estimate of drug-likeness (QED) is 0.730. The predicted octanol–water partition coefficient (Wildman–Crippen LogP) is 3.22. The third kappa shape index (κ3) is 4.18. The van der Waals surface area contributed by atoms with Crippen LogP contribution in [-0.4, -0.2) is 52.4 Å². The van der Waals surface area contributed by atoms with E-state index in [1.165, 1.54) is 16.8 Å². The smallest absolute Gasteiger partial charge is 0.322 e. The van der Waals surface area contributed by atoms with Gasteiger partial charge in [0.2, 0.25) is 0 Å². The van der Waals surface area contributed by atoms with E-state index in [0.717, 1.165) is 23.7 Å². The van der Waals surface area contributed by atoms with Gasteiger partial charge in [-0.05, 0) is 30.3 Å². The monoisotopic (exact) mass is 401 g/mol. The number of hydrogen-bond acceptors (Lipinski definition) is 3. The van der Waals surface area contributed by atoms with Gasteiger partial charge in [0.25, 0.3) is 5.91 Å². The minimum absolute atomic E-state index is 0.130. The molecule has 3 amide bonds. The van der Waals surface area contributed by atoms with E-state index in [4.69, 9.17) is 0 Å². The number of carbonyl (C=O) groups excluding carboxylic acids is 2. The molecule has 0 radical (unpaired) electrons. The van der Waals surface area contributed by atoms with Crippen LogP contribution in [0.1, 0.15) is 16.2 Å². The van der Waals surface area contributed by atoms with Gasteiger partial charge in [0.05, 0.1) is 23.3 Å². The molecule has 0 aliphatic rings. The lowest BCUT2D eigenvalue weighted by molar-refractivity contribution is 0.0827. The van der Waals surface area contributed by atoms with Gasteiger partial charge < -0.3 is 19.7 Å². The normalized spacial score (nSPS) is 10.8. The lowest BCUT2D eigenvalue weighted by Crippen LogP contribution is -2.32. The number of nitrogens with one attached hydrogen (secondary N) is 1. The molecular formula is C20H21F2N5O2. The van der Waals surface area contributed by atoms with Crippen LogP contribution in [0.15, 0.2) is 36.4 Å². The topological polar surface area (TPSA) is 70.5 Å². The zero-order valence-corrected chi connectivity index (χ0v) is 16.5. The number of anilines is 1. The lowest BCUT2D eigenvalue weighted by atomic mass is 10.2. The van der Waals surface area contributed by atoms with Gasteiger partial charge in [-0.15, -0.1) is 0 Å². The maximum absolute atomic E-state index is 13.7. The van der Waals surface area contributed by atoms with Crippen molar-refractivity contribution in [3.05, 3.63) is 59.4 Å². The molecule has 0 atom stereocenters. The van der Waals surface area contributed by atoms with Crippen LogP contribution >= 0.6 is 0 Å². The molecule has 9 heteroatoms. The Labute approximate surface area is 166 Å². The summed E-state index contributed by atoms with van der Waals surface area (Å²) in [5.74, 6) is -0.934. The SMILES string of the molecule is CN(C)C(=O)c1ccc2c(c1)nc(CN(C)C(=O)Nc1cc(F)ccc1F)n2C. The fourth-order valence-electron chi connectivity index (χ4n) is 2.87. The van der Waals surface area contributed by atoms with Crippen molar-refractivity contribution in [2.24, 2.45) is 7.05 Å². The molecule has 152 valence electrons. The maximum Gasteiger partial charge on any atom is 0.322 e. The summed E-state index contributed by atoms with van der Waals surface area (Å²) in [6.45, 7) is 0.130. The van der Waals surface area contributed by atoms with E-state index in [0.29, 0.717) is 16.9 Å². The van der Waals surface area contributed by atoms with Crippen molar-refractivity contribution in [2.75, 3.05) is 26.5 Å². The Balaban J connectivity index is 1.79. The number of amides is 3. The first-order chi connectivity index (χ1) is 13.7. The van der Waals surface area contributed by atoms with Crippen LogP contribution in [0.5, 0.6) is 0 Å². The van der Waals surface area contributed by atoms with Crippen molar-refractivity contribution in [1.82, 2.24) is 19.4 Å². The molecule has 7 nitrogen and oxygen atoms in total. The fourth-order valence-corrected chi connectivity index (χ4v) is 2.87. The number of fused-ring (bicyclic) bond motifs is 1. The largest absolute Gasteiger partial charge is 0.345 e. The van der Waals surface area contributed by atoms with Crippen LogP contribution in [-0.2, 0) is 13.6 Å². The van der Waals surface area contributed by atoms with Crippen molar-refractivity contribution in [3.8, 4) is 0 Å². The molecule has 1 aromatic heterocycles. The van der Waals surface area contributed by atoms with Crippen LogP contribution < -0.4 is 5.32 Å². The molecule has 0 spiro atoms. The Morgan fingerprint density at radius 3 is 2.52 bits per heavy atom. The highest BCUT2D eigenvalue weighted by Gasteiger charge is 2.17. The summed E-state index contributed by atoms with van der Waals surface area (Å²) < 4.78 is 28.8. The molecule has 0 unspecified atom stereocenters. The Hall–Kier alpha value is -3.49. The number of carbonyl (C=O) groups is 2. The summed E-state index contributed by atoms with van der Waals surface area (Å²) in [7, 11) is 6.67. The minimum Gasteiger partial charge on any atom is -0.345 e. The third-order valence-corrected chi connectivity index (χ3v) is 4.52. The molecule has 2 aromatic carbocycles. The molecule has 0 aliphatic heterocycles. The molecule has 0 aliphatic carbocycles. The number of hydrogen-bond donors (Lipinski definition) is 1. The highest BCUT2D eigenvalue weighted by Crippen LogP contribution is 2.19. The molecule has 1 heterocycles. The number of rotatable bonds is 4. The van der Waals surface area contributed by atoms with Gasteiger partial charge in [0.1, 0.15) is 17.5 Å². The van der Waals surface area contributed by atoms with Crippen molar-refractivity contribution >= 4 is 28.7 Å². The number of nitrogens with zero attached hydrogens (tertiary/aromatic N) is 4. The van der Waals surface area contributed by atoms with E-state index in [2.05, 4.69) is 10.3 Å². The van der Waals surface area contributed by atoms with E-state index < -0.39 is 17.7 Å². The molecular weight excluding hydrogens is 380 g/mol. The van der Waals surface area contributed by atoms with E-state index in [-0.39, 0.29) is 18.1 Å². The van der Waals surface area contributed by atoms with Gasteiger partial charge in [-0.3, -0.25) is 4.79 Å². The van der Waals surface area contributed by atoms with Crippen LogP contribution in [0.2, 0.25) is 0 Å². The van der Waals surface area contributed by atoms with Gasteiger partial charge in [-0.1, -0.05) is 0 Å². The zero-order chi connectivity index (χ0) is 21.3. The molecule has 3 rings (SSSR count). The van der Waals surface area contributed by atoms with Crippen LogP contribution in [0.4, 0.5) is 19.3 Å². The Morgan fingerprint density at radius 2 is 1.83 bits per heavy atom. The lowest BCUT2D eigenvalue weighted by Gasteiger charge is -2.18. The third-order valence-electron chi connectivity index (χ3n) is 4.52. The summed E-state index contributed by atoms with van der Waals surface area (Å²) >= 11 is 0. The van der Waals surface area contributed by atoms with Gasteiger partial charge in [-0.2, -0.15) is 0 Å². The standard InChI is InChI=1S/C20H21F2N5O2/c1-25(2)19(28)12-5-8-17-16(9-12)23-18(27(17)4)11-26(3)20(29)24-15-10-13(21)6-7-14(15)22/h5-10H,11H2,1-4H3,(H,24,29).